The van der Waals surface area contributed by atoms with Crippen molar-refractivity contribution < 1.29 is 23.4 Å². The van der Waals surface area contributed by atoms with Crippen LogP contribution in [0.15, 0.2) is 21.9 Å². The molecular weight excluding hydrogens is 326 g/mol. The highest BCUT2D eigenvalue weighted by atomic mass is 32.5. The molecule has 0 aromatic carbocycles. The topological polar surface area (TPSA) is 114 Å². The third-order valence-corrected chi connectivity index (χ3v) is 3.80. The zero-order chi connectivity index (χ0) is 15.8. The van der Waals surface area contributed by atoms with Gasteiger partial charge >= 0.3 is 12.4 Å². The van der Waals surface area contributed by atoms with Gasteiger partial charge in [-0.15, -0.1) is 0 Å². The molecule has 0 bridgehead atoms. The van der Waals surface area contributed by atoms with Gasteiger partial charge in [0.2, 0.25) is 0 Å². The number of hydrogen-bond donors (Lipinski definition) is 3. The lowest BCUT2D eigenvalue weighted by atomic mass is 10.0. The molecule has 2 heterocycles. The smallest absolute Gasteiger partial charge is 0.330 e. The second-order valence-electron chi connectivity index (χ2n) is 4.90. The van der Waals surface area contributed by atoms with Crippen molar-refractivity contribution in [2.24, 2.45) is 0 Å². The number of aromatic amines is 1. The largest absolute Gasteiger partial charge is 0.349 e. The predicted molar refractivity (Wildman–Crippen MR) is 74.0 cm³/mol. The maximum absolute atomic E-state index is 14.5. The van der Waals surface area contributed by atoms with E-state index in [1.165, 1.54) is 6.92 Å². The van der Waals surface area contributed by atoms with Crippen LogP contribution in [0.1, 0.15) is 19.6 Å². The summed E-state index contributed by atoms with van der Waals surface area (Å²) in [6, 6.07) is 1.08. The summed E-state index contributed by atoms with van der Waals surface area (Å²) in [4.78, 5) is 42.7. The Labute approximate surface area is 123 Å². The van der Waals surface area contributed by atoms with Gasteiger partial charge < -0.3 is 19.0 Å². The molecule has 1 saturated heterocycles. The van der Waals surface area contributed by atoms with Gasteiger partial charge in [-0.2, -0.15) is 0 Å². The Morgan fingerprint density at radius 2 is 2.33 bits per heavy atom. The number of nitrogens with zero attached hydrogens (tertiary/aromatic N) is 1. The summed E-state index contributed by atoms with van der Waals surface area (Å²) < 4.78 is 25.5. The number of alkyl halides is 1. The molecule has 21 heavy (non-hydrogen) atoms. The van der Waals surface area contributed by atoms with Gasteiger partial charge in [0.05, 0.1) is 12.7 Å². The van der Waals surface area contributed by atoms with Crippen LogP contribution in [-0.2, 0) is 21.1 Å². The highest BCUT2D eigenvalue weighted by Crippen LogP contribution is 2.43. The Morgan fingerprint density at radius 1 is 1.67 bits per heavy atom. The van der Waals surface area contributed by atoms with E-state index >= 15 is 0 Å². The zero-order valence-corrected chi connectivity index (χ0v) is 12.6. The average Bonchev–Trinajstić information content (AvgIpc) is 2.61. The molecule has 1 aromatic heterocycles. The number of rotatable bonds is 4. The lowest BCUT2D eigenvalue weighted by molar-refractivity contribution is -0.0594. The van der Waals surface area contributed by atoms with E-state index in [9.17, 15) is 14.0 Å². The van der Waals surface area contributed by atoms with E-state index < -0.39 is 36.0 Å². The molecular formula is C10H14FN2O6PS. The first-order valence-corrected chi connectivity index (χ1v) is 8.57. The highest BCUT2D eigenvalue weighted by Gasteiger charge is 2.47. The molecule has 3 atom stereocenters. The van der Waals surface area contributed by atoms with Crippen molar-refractivity contribution >= 4 is 18.5 Å². The maximum atomic E-state index is 14.5. The van der Waals surface area contributed by atoms with Crippen molar-refractivity contribution in [3.63, 3.8) is 0 Å². The van der Waals surface area contributed by atoms with Crippen LogP contribution in [-0.4, -0.2) is 37.7 Å². The monoisotopic (exact) mass is 340 g/mol. The van der Waals surface area contributed by atoms with Crippen LogP contribution in [0.25, 0.3) is 0 Å². The zero-order valence-electron chi connectivity index (χ0n) is 10.9. The fourth-order valence-electron chi connectivity index (χ4n) is 2.16. The lowest BCUT2D eigenvalue weighted by Crippen LogP contribution is -2.38. The van der Waals surface area contributed by atoms with E-state index in [0.717, 1.165) is 16.8 Å². The van der Waals surface area contributed by atoms with E-state index in [4.69, 9.17) is 14.5 Å². The molecule has 8 nitrogen and oxygen atoms in total. The Kier molecular flexibility index (Phi) is 4.48. The standard InChI is InChI=1S/C10H14FN2O6PS/c1-10(11)4-6(5-18-20(16,17)21)19-8(10)13-3-2-7(14)12-9(13)15/h2-3,6,8H,4-5H2,1H3,(H,12,14,15)(H2,16,17,21)/t6-,8+,10+/m0/s1. The summed E-state index contributed by atoms with van der Waals surface area (Å²) in [5.41, 5.74) is -3.30. The van der Waals surface area contributed by atoms with Gasteiger partial charge in [-0.25, -0.2) is 9.18 Å². The van der Waals surface area contributed by atoms with Gasteiger partial charge in [0.25, 0.3) is 5.56 Å². The molecule has 11 heteroatoms. The molecule has 1 aliphatic rings. The third kappa shape index (κ3) is 4.06. The van der Waals surface area contributed by atoms with Crippen molar-refractivity contribution in [2.45, 2.75) is 31.3 Å². The van der Waals surface area contributed by atoms with E-state index in [0.29, 0.717) is 0 Å². The molecule has 3 N–H and O–H groups in total. The van der Waals surface area contributed by atoms with Crippen molar-refractivity contribution in [1.29, 1.82) is 0 Å². The second kappa shape index (κ2) is 5.71. The Hall–Kier alpha value is -0.900. The molecule has 118 valence electrons. The Bertz CT molecular complexity index is 683. The summed E-state index contributed by atoms with van der Waals surface area (Å²) in [6.07, 6.45) is -1.05. The number of nitrogens with one attached hydrogen (secondary N) is 1. The van der Waals surface area contributed by atoms with Crippen LogP contribution in [0.5, 0.6) is 0 Å². The minimum atomic E-state index is -3.85. The number of H-pyrrole nitrogens is 1. The quantitative estimate of drug-likeness (QED) is 0.649. The minimum absolute atomic E-state index is 0.126. The van der Waals surface area contributed by atoms with Gasteiger partial charge in [0, 0.05) is 18.7 Å². The first-order valence-electron chi connectivity index (χ1n) is 5.94. The second-order valence-corrected chi connectivity index (χ2v) is 7.56. The predicted octanol–water partition coefficient (Wildman–Crippen LogP) is -0.222. The van der Waals surface area contributed by atoms with Gasteiger partial charge in [0.1, 0.15) is 0 Å². The third-order valence-electron chi connectivity index (χ3n) is 3.00. The van der Waals surface area contributed by atoms with Crippen LogP contribution in [0.2, 0.25) is 0 Å². The molecule has 1 fully saturated rings. The first kappa shape index (κ1) is 16.5. The molecule has 0 spiro atoms. The van der Waals surface area contributed by atoms with Crippen molar-refractivity contribution in [3.05, 3.63) is 33.1 Å². The molecule has 0 amide bonds. The SMILES string of the molecule is C[C@@]1(F)C[C@@H](COP(O)(O)=S)O[C@H]1n1ccc(=O)[nH]c1=O. The average molecular weight is 340 g/mol. The van der Waals surface area contributed by atoms with Crippen LogP contribution >= 0.6 is 6.72 Å². The summed E-state index contributed by atoms with van der Waals surface area (Å²) >= 11 is 4.29. The van der Waals surface area contributed by atoms with Crippen molar-refractivity contribution in [2.75, 3.05) is 6.61 Å². The van der Waals surface area contributed by atoms with Gasteiger partial charge in [-0.3, -0.25) is 14.3 Å². The van der Waals surface area contributed by atoms with Crippen LogP contribution in [0.4, 0.5) is 4.39 Å². The fourth-order valence-corrected chi connectivity index (χ4v) is 2.71. The van der Waals surface area contributed by atoms with Gasteiger partial charge in [0.15, 0.2) is 11.9 Å². The van der Waals surface area contributed by atoms with Crippen LogP contribution in [0.3, 0.4) is 0 Å². The summed E-state index contributed by atoms with van der Waals surface area (Å²) in [6.45, 7) is -2.92. The number of aromatic nitrogens is 2. The molecule has 1 aliphatic heterocycles. The van der Waals surface area contributed by atoms with E-state index in [2.05, 4.69) is 16.3 Å². The van der Waals surface area contributed by atoms with Crippen molar-refractivity contribution in [3.8, 4) is 0 Å². The van der Waals surface area contributed by atoms with Gasteiger partial charge in [-0.1, -0.05) is 0 Å². The Morgan fingerprint density at radius 3 is 2.90 bits per heavy atom. The molecule has 0 saturated carbocycles. The Balaban J connectivity index is 2.19. The highest BCUT2D eigenvalue weighted by molar-refractivity contribution is 8.06. The summed E-state index contributed by atoms with van der Waals surface area (Å²) in [5.74, 6) is 0. The number of ether oxygens (including phenoxy) is 1. The minimum Gasteiger partial charge on any atom is -0.349 e. The summed E-state index contributed by atoms with van der Waals surface area (Å²) in [5, 5.41) is 0. The normalized spacial score (nSPS) is 29.7. The van der Waals surface area contributed by atoms with Crippen molar-refractivity contribution in [1.82, 2.24) is 9.55 Å². The van der Waals surface area contributed by atoms with E-state index in [1.807, 2.05) is 4.98 Å². The van der Waals surface area contributed by atoms with Crippen LogP contribution in [0, 0.1) is 0 Å². The molecule has 0 radical (unpaired) electrons. The molecule has 1 aromatic rings. The molecule has 2 rings (SSSR count). The number of halogens is 1. The van der Waals surface area contributed by atoms with E-state index in [-0.39, 0.29) is 13.0 Å². The molecule has 0 unspecified atom stereocenters. The fraction of sp³-hybridized carbons (Fsp3) is 0.600. The first-order chi connectivity index (χ1) is 9.58. The van der Waals surface area contributed by atoms with E-state index in [1.54, 1.807) is 0 Å². The lowest BCUT2D eigenvalue weighted by Gasteiger charge is -2.22. The maximum Gasteiger partial charge on any atom is 0.330 e. The summed E-state index contributed by atoms with van der Waals surface area (Å²) in [7, 11) is 0. The number of hydrogen-bond acceptors (Lipinski definition) is 5. The molecule has 0 aliphatic carbocycles. The van der Waals surface area contributed by atoms with Gasteiger partial charge in [-0.05, 0) is 18.7 Å². The van der Waals surface area contributed by atoms with Crippen LogP contribution < -0.4 is 11.2 Å².